The number of nitrogens with zero attached hydrogens (tertiary/aromatic N) is 3. The summed E-state index contributed by atoms with van der Waals surface area (Å²) < 4.78 is 28.6. The van der Waals surface area contributed by atoms with Gasteiger partial charge in [-0.1, -0.05) is 0 Å². The molecule has 1 amide bonds. The number of hydrogen-bond donors (Lipinski definition) is 1. The lowest BCUT2D eigenvalue weighted by atomic mass is 9.94. The first-order valence-electron chi connectivity index (χ1n) is 6.99. The van der Waals surface area contributed by atoms with Gasteiger partial charge in [0.05, 0.1) is 12.6 Å². The molecule has 1 aromatic rings. The highest BCUT2D eigenvalue weighted by atomic mass is 19.3. The monoisotopic (exact) mass is 297 g/mol. The minimum Gasteiger partial charge on any atom is -0.465 e. The second-order valence-electron chi connectivity index (χ2n) is 5.63. The van der Waals surface area contributed by atoms with Crippen LogP contribution in [0.1, 0.15) is 17.5 Å². The molecule has 1 fully saturated rings. The molecule has 0 spiro atoms. The minimum absolute atomic E-state index is 0.159. The van der Waals surface area contributed by atoms with Gasteiger partial charge in [-0.15, -0.1) is 0 Å². The van der Waals surface area contributed by atoms with Crippen LogP contribution in [0, 0.1) is 0 Å². The molecule has 1 aromatic heterocycles. The number of alkyl halides is 2. The van der Waals surface area contributed by atoms with E-state index < -0.39 is 24.6 Å². The number of hydrogen-bond acceptors (Lipinski definition) is 3. The predicted molar refractivity (Wildman–Crippen MR) is 71.3 cm³/mol. The zero-order valence-electron chi connectivity index (χ0n) is 11.5. The van der Waals surface area contributed by atoms with E-state index in [0.717, 1.165) is 22.4 Å². The van der Waals surface area contributed by atoms with E-state index in [9.17, 15) is 13.6 Å². The third kappa shape index (κ3) is 2.70. The summed E-state index contributed by atoms with van der Waals surface area (Å²) in [4.78, 5) is 17.5. The number of pyridine rings is 1. The smallest absolute Gasteiger partial charge is 0.407 e. The Morgan fingerprint density at radius 3 is 2.90 bits per heavy atom. The summed E-state index contributed by atoms with van der Waals surface area (Å²) in [5.74, 6) is -3.02. The van der Waals surface area contributed by atoms with Crippen LogP contribution in [0.5, 0.6) is 0 Å². The highest BCUT2D eigenvalue weighted by Gasteiger charge is 2.48. The first-order chi connectivity index (χ1) is 9.97. The van der Waals surface area contributed by atoms with Crippen molar-refractivity contribution in [2.24, 2.45) is 0 Å². The molecule has 2 aliphatic rings. The van der Waals surface area contributed by atoms with Crippen molar-refractivity contribution in [1.82, 2.24) is 14.8 Å². The molecule has 21 heavy (non-hydrogen) atoms. The molecule has 3 rings (SSSR count). The average molecular weight is 297 g/mol. The highest BCUT2D eigenvalue weighted by molar-refractivity contribution is 5.65. The molecule has 2 aliphatic heterocycles. The standard InChI is InChI=1S/C14H17F2N3O2/c15-14(16)9-19(13(20)21)6-3-12(14)18-5-2-10-1-4-17-7-11(10)8-18/h1,4,7,12H,2-3,5-6,8-9H2,(H,20,21). The zero-order valence-corrected chi connectivity index (χ0v) is 11.5. The van der Waals surface area contributed by atoms with E-state index in [2.05, 4.69) is 4.98 Å². The molecule has 7 heteroatoms. The van der Waals surface area contributed by atoms with Crippen LogP contribution < -0.4 is 0 Å². The molecule has 1 N–H and O–H groups in total. The SMILES string of the molecule is O=C(O)N1CCC(N2CCc3ccncc3C2)C(F)(F)C1. The number of amides is 1. The van der Waals surface area contributed by atoms with Crippen LogP contribution in [-0.2, 0) is 13.0 Å². The molecule has 0 aliphatic carbocycles. The zero-order chi connectivity index (χ0) is 15.0. The second kappa shape index (κ2) is 5.22. The van der Waals surface area contributed by atoms with Crippen LogP contribution >= 0.6 is 0 Å². The lowest BCUT2D eigenvalue weighted by molar-refractivity contribution is -0.124. The van der Waals surface area contributed by atoms with Crippen LogP contribution in [-0.4, -0.2) is 57.6 Å². The fourth-order valence-corrected chi connectivity index (χ4v) is 3.21. The van der Waals surface area contributed by atoms with Crippen molar-refractivity contribution in [1.29, 1.82) is 0 Å². The van der Waals surface area contributed by atoms with Crippen molar-refractivity contribution in [3.8, 4) is 0 Å². The van der Waals surface area contributed by atoms with Gasteiger partial charge in [-0.25, -0.2) is 13.6 Å². The Hall–Kier alpha value is -1.76. The Bertz CT molecular complexity index is 553. The molecule has 0 saturated carbocycles. The van der Waals surface area contributed by atoms with E-state index in [1.54, 1.807) is 17.3 Å². The number of likely N-dealkylation sites (tertiary alicyclic amines) is 1. The average Bonchev–Trinajstić information content (AvgIpc) is 2.45. The minimum atomic E-state index is -3.02. The van der Waals surface area contributed by atoms with Crippen molar-refractivity contribution >= 4 is 6.09 Å². The topological polar surface area (TPSA) is 56.7 Å². The Balaban J connectivity index is 1.75. The van der Waals surface area contributed by atoms with Gasteiger partial charge in [-0.3, -0.25) is 9.88 Å². The third-order valence-electron chi connectivity index (χ3n) is 4.32. The fraction of sp³-hybridized carbons (Fsp3) is 0.571. The summed E-state index contributed by atoms with van der Waals surface area (Å²) in [6.07, 6.45) is 3.06. The molecule has 0 radical (unpaired) electrons. The number of carbonyl (C=O) groups is 1. The van der Waals surface area contributed by atoms with Crippen LogP contribution in [0.2, 0.25) is 0 Å². The van der Waals surface area contributed by atoms with Crippen molar-refractivity contribution in [3.63, 3.8) is 0 Å². The Labute approximate surface area is 121 Å². The van der Waals surface area contributed by atoms with E-state index >= 15 is 0 Å². The molecular formula is C14H17F2N3O2. The summed E-state index contributed by atoms with van der Waals surface area (Å²) in [6, 6.07) is 1.03. The summed E-state index contributed by atoms with van der Waals surface area (Å²) in [6.45, 7) is 0.468. The number of fused-ring (bicyclic) bond motifs is 1. The summed E-state index contributed by atoms with van der Waals surface area (Å²) in [5, 5.41) is 8.87. The first-order valence-corrected chi connectivity index (χ1v) is 6.99. The van der Waals surface area contributed by atoms with Crippen LogP contribution in [0.15, 0.2) is 18.5 Å². The Morgan fingerprint density at radius 1 is 1.38 bits per heavy atom. The van der Waals surface area contributed by atoms with Gasteiger partial charge in [0, 0.05) is 32.0 Å². The van der Waals surface area contributed by atoms with Crippen LogP contribution in [0.3, 0.4) is 0 Å². The van der Waals surface area contributed by atoms with Crippen LogP contribution in [0.4, 0.5) is 13.6 Å². The number of piperidine rings is 1. The maximum absolute atomic E-state index is 14.3. The second-order valence-corrected chi connectivity index (χ2v) is 5.63. The molecular weight excluding hydrogens is 280 g/mol. The molecule has 0 aromatic carbocycles. The maximum atomic E-state index is 14.3. The normalized spacial score (nSPS) is 25.4. The van der Waals surface area contributed by atoms with Gasteiger partial charge >= 0.3 is 6.09 Å². The number of aromatic nitrogens is 1. The predicted octanol–water partition coefficient (Wildman–Crippen LogP) is 1.83. The van der Waals surface area contributed by atoms with Crippen molar-refractivity contribution in [3.05, 3.63) is 29.6 Å². The van der Waals surface area contributed by atoms with E-state index in [-0.39, 0.29) is 13.0 Å². The van der Waals surface area contributed by atoms with Crippen molar-refractivity contribution < 1.29 is 18.7 Å². The van der Waals surface area contributed by atoms with Gasteiger partial charge in [-0.2, -0.15) is 0 Å². The Kier molecular flexibility index (Phi) is 3.52. The summed E-state index contributed by atoms with van der Waals surface area (Å²) >= 11 is 0. The van der Waals surface area contributed by atoms with E-state index in [1.165, 1.54) is 0 Å². The quantitative estimate of drug-likeness (QED) is 0.859. The molecule has 5 nitrogen and oxygen atoms in total. The summed E-state index contributed by atoms with van der Waals surface area (Å²) in [5.41, 5.74) is 2.15. The lowest BCUT2D eigenvalue weighted by Crippen LogP contribution is -2.59. The molecule has 1 saturated heterocycles. The van der Waals surface area contributed by atoms with Gasteiger partial charge in [0.1, 0.15) is 0 Å². The Morgan fingerprint density at radius 2 is 2.19 bits per heavy atom. The third-order valence-corrected chi connectivity index (χ3v) is 4.32. The summed E-state index contributed by atoms with van der Waals surface area (Å²) in [7, 11) is 0. The fourth-order valence-electron chi connectivity index (χ4n) is 3.21. The van der Waals surface area contributed by atoms with Gasteiger partial charge in [0.25, 0.3) is 5.92 Å². The highest BCUT2D eigenvalue weighted by Crippen LogP contribution is 2.34. The van der Waals surface area contributed by atoms with Crippen molar-refractivity contribution in [2.75, 3.05) is 19.6 Å². The largest absolute Gasteiger partial charge is 0.465 e. The molecule has 1 unspecified atom stereocenters. The van der Waals surface area contributed by atoms with E-state index in [0.29, 0.717) is 13.1 Å². The molecule has 0 bridgehead atoms. The molecule has 3 heterocycles. The maximum Gasteiger partial charge on any atom is 0.407 e. The molecule has 1 atom stereocenters. The van der Waals surface area contributed by atoms with Gasteiger partial charge in [-0.05, 0) is 30.0 Å². The first kappa shape index (κ1) is 14.2. The van der Waals surface area contributed by atoms with Gasteiger partial charge in [0.15, 0.2) is 0 Å². The molecule has 114 valence electrons. The number of rotatable bonds is 1. The van der Waals surface area contributed by atoms with Gasteiger partial charge in [0.2, 0.25) is 0 Å². The van der Waals surface area contributed by atoms with E-state index in [4.69, 9.17) is 5.11 Å². The van der Waals surface area contributed by atoms with Gasteiger partial charge < -0.3 is 10.0 Å². The van der Waals surface area contributed by atoms with Crippen molar-refractivity contribution in [2.45, 2.75) is 31.4 Å². The van der Waals surface area contributed by atoms with Crippen LogP contribution in [0.25, 0.3) is 0 Å². The number of carboxylic acid groups (broad SMARTS) is 1. The van der Waals surface area contributed by atoms with E-state index in [1.807, 2.05) is 6.07 Å². The lowest BCUT2D eigenvalue weighted by Gasteiger charge is -2.44. The number of halogens is 2.